The number of amides is 1. The van der Waals surface area contributed by atoms with Crippen LogP contribution in [0.1, 0.15) is 34.7 Å². The van der Waals surface area contributed by atoms with Crippen molar-refractivity contribution in [2.45, 2.75) is 19.1 Å². The third kappa shape index (κ3) is 3.72. The van der Waals surface area contributed by atoms with Crippen LogP contribution in [0.2, 0.25) is 5.02 Å². The van der Waals surface area contributed by atoms with Crippen LogP contribution in [-0.4, -0.2) is 16.0 Å². The maximum Gasteiger partial charge on any atom is 0.416 e. The topological polar surface area (TPSA) is 68.0 Å². The molecule has 1 N–H and O–H groups in total. The van der Waals surface area contributed by atoms with E-state index >= 15 is 0 Å². The van der Waals surface area contributed by atoms with Crippen LogP contribution in [0.3, 0.4) is 0 Å². The molecule has 0 aliphatic rings. The Hall–Kier alpha value is -2.09. The fourth-order valence-electron chi connectivity index (χ4n) is 1.60. The Morgan fingerprint density at radius 1 is 1.38 bits per heavy atom. The van der Waals surface area contributed by atoms with Gasteiger partial charge in [-0.2, -0.15) is 18.2 Å². The summed E-state index contributed by atoms with van der Waals surface area (Å²) in [5.41, 5.74) is -1.20. The molecule has 1 heterocycles. The first-order valence-electron chi connectivity index (χ1n) is 5.72. The number of hydrogen-bond donors (Lipinski definition) is 1. The van der Waals surface area contributed by atoms with E-state index in [-0.39, 0.29) is 16.4 Å². The molecule has 0 bridgehead atoms. The van der Waals surface area contributed by atoms with E-state index < -0.39 is 23.7 Å². The van der Waals surface area contributed by atoms with Gasteiger partial charge in [-0.3, -0.25) is 4.79 Å². The number of nitrogens with zero attached hydrogens (tertiary/aromatic N) is 2. The average molecular weight is 320 g/mol. The predicted octanol–water partition coefficient (Wildman–Crippen LogP) is 3.23. The van der Waals surface area contributed by atoms with Crippen molar-refractivity contribution in [1.82, 2.24) is 15.5 Å². The predicted molar refractivity (Wildman–Crippen MR) is 66.6 cm³/mol. The molecular formula is C12H9ClF3N3O2. The number of benzene rings is 1. The van der Waals surface area contributed by atoms with Gasteiger partial charge in [-0.05, 0) is 25.1 Å². The number of rotatable bonds is 3. The van der Waals surface area contributed by atoms with E-state index in [2.05, 4.69) is 20.0 Å². The van der Waals surface area contributed by atoms with Gasteiger partial charge in [0.1, 0.15) is 0 Å². The number of carbonyl (C=O) groups excluding carboxylic acids is 1. The molecule has 0 radical (unpaired) electrons. The van der Waals surface area contributed by atoms with Crippen molar-refractivity contribution >= 4 is 17.5 Å². The van der Waals surface area contributed by atoms with Crippen molar-refractivity contribution in [2.24, 2.45) is 0 Å². The highest BCUT2D eigenvalue weighted by Crippen LogP contribution is 2.32. The minimum atomic E-state index is -4.58. The van der Waals surface area contributed by atoms with Gasteiger partial charge in [0, 0.05) is 10.6 Å². The lowest BCUT2D eigenvalue weighted by Crippen LogP contribution is -2.27. The van der Waals surface area contributed by atoms with Crippen molar-refractivity contribution in [1.29, 1.82) is 0 Å². The second-order valence-corrected chi connectivity index (χ2v) is 4.65. The first-order valence-corrected chi connectivity index (χ1v) is 6.10. The summed E-state index contributed by atoms with van der Waals surface area (Å²) >= 11 is 5.62. The Bertz CT molecular complexity index is 644. The van der Waals surface area contributed by atoms with Gasteiger partial charge < -0.3 is 9.84 Å². The molecule has 5 nitrogen and oxygen atoms in total. The number of alkyl halides is 3. The minimum absolute atomic E-state index is 0.179. The highest BCUT2D eigenvalue weighted by atomic mass is 35.5. The Labute approximate surface area is 122 Å². The summed E-state index contributed by atoms with van der Waals surface area (Å²) in [6.45, 7) is 1.57. The molecule has 1 aromatic carbocycles. The molecule has 0 saturated heterocycles. The van der Waals surface area contributed by atoms with E-state index in [1.165, 1.54) is 0 Å². The lowest BCUT2D eigenvalue weighted by molar-refractivity contribution is -0.137. The summed E-state index contributed by atoms with van der Waals surface area (Å²) in [7, 11) is 0. The van der Waals surface area contributed by atoms with Crippen LogP contribution in [0.15, 0.2) is 29.1 Å². The van der Waals surface area contributed by atoms with Gasteiger partial charge in [0.15, 0.2) is 5.82 Å². The van der Waals surface area contributed by atoms with Crippen LogP contribution in [0.25, 0.3) is 0 Å². The van der Waals surface area contributed by atoms with Crippen LogP contribution in [-0.2, 0) is 6.18 Å². The van der Waals surface area contributed by atoms with E-state index in [1.807, 2.05) is 0 Å². The largest absolute Gasteiger partial charge is 0.416 e. The fraction of sp³-hybridized carbons (Fsp3) is 0.250. The first kappa shape index (κ1) is 15.3. The Morgan fingerprint density at radius 3 is 2.67 bits per heavy atom. The zero-order valence-electron chi connectivity index (χ0n) is 10.6. The average Bonchev–Trinajstić information content (AvgIpc) is 2.90. The third-order valence-corrected chi connectivity index (χ3v) is 2.82. The van der Waals surface area contributed by atoms with Crippen molar-refractivity contribution < 1.29 is 22.5 Å². The van der Waals surface area contributed by atoms with Crippen LogP contribution < -0.4 is 5.32 Å². The van der Waals surface area contributed by atoms with Gasteiger partial charge in [0.25, 0.3) is 5.91 Å². The molecule has 112 valence electrons. The normalized spacial score (nSPS) is 13.0. The van der Waals surface area contributed by atoms with Gasteiger partial charge >= 0.3 is 6.18 Å². The second-order valence-electron chi connectivity index (χ2n) is 4.21. The van der Waals surface area contributed by atoms with Crippen LogP contribution in [0.4, 0.5) is 13.2 Å². The summed E-state index contributed by atoms with van der Waals surface area (Å²) < 4.78 is 42.5. The third-order valence-electron chi connectivity index (χ3n) is 2.60. The quantitative estimate of drug-likeness (QED) is 0.943. The molecule has 1 amide bonds. The van der Waals surface area contributed by atoms with Gasteiger partial charge in [0.2, 0.25) is 6.39 Å². The summed E-state index contributed by atoms with van der Waals surface area (Å²) in [6, 6.07) is 2.00. The van der Waals surface area contributed by atoms with Crippen molar-refractivity contribution in [3.8, 4) is 0 Å². The van der Waals surface area contributed by atoms with Crippen molar-refractivity contribution in [3.63, 3.8) is 0 Å². The van der Waals surface area contributed by atoms with Gasteiger partial charge in [-0.25, -0.2) is 0 Å². The molecule has 2 rings (SSSR count). The molecule has 0 aliphatic carbocycles. The molecule has 0 fully saturated rings. The summed E-state index contributed by atoms with van der Waals surface area (Å²) in [4.78, 5) is 15.7. The van der Waals surface area contributed by atoms with E-state index in [4.69, 9.17) is 11.6 Å². The lowest BCUT2D eigenvalue weighted by Gasteiger charge is -2.12. The summed E-state index contributed by atoms with van der Waals surface area (Å²) in [5, 5.41) is 5.81. The standard InChI is InChI=1S/C12H9ClF3N3O2/c1-6(10-17-5-21-19-10)18-11(20)7-2-8(12(14,15)16)4-9(13)3-7/h2-6H,1H3,(H,18,20)/t6-/m0/s1. The molecule has 2 aromatic rings. The van der Waals surface area contributed by atoms with Gasteiger partial charge in [-0.1, -0.05) is 16.8 Å². The summed E-state index contributed by atoms with van der Waals surface area (Å²) in [6.07, 6.45) is -3.50. The van der Waals surface area contributed by atoms with E-state index in [0.29, 0.717) is 0 Å². The maximum atomic E-state index is 12.7. The molecule has 1 atom stereocenters. The molecule has 9 heteroatoms. The zero-order valence-corrected chi connectivity index (χ0v) is 11.4. The van der Waals surface area contributed by atoms with E-state index in [9.17, 15) is 18.0 Å². The SMILES string of the molecule is C[C@H](NC(=O)c1cc(Cl)cc(C(F)(F)F)c1)c1ncon1. The van der Waals surface area contributed by atoms with Crippen molar-refractivity contribution in [2.75, 3.05) is 0 Å². The van der Waals surface area contributed by atoms with Gasteiger partial charge in [-0.15, -0.1) is 0 Å². The summed E-state index contributed by atoms with van der Waals surface area (Å²) in [5.74, 6) is -0.512. The van der Waals surface area contributed by atoms with Gasteiger partial charge in [0.05, 0.1) is 11.6 Å². The first-order chi connectivity index (χ1) is 9.77. The number of aromatic nitrogens is 2. The molecule has 0 aliphatic heterocycles. The van der Waals surface area contributed by atoms with E-state index in [0.717, 1.165) is 24.6 Å². The smallest absolute Gasteiger partial charge is 0.343 e. The molecule has 1 aromatic heterocycles. The van der Waals surface area contributed by atoms with Crippen LogP contribution in [0, 0.1) is 0 Å². The molecule has 0 unspecified atom stereocenters. The molecule has 21 heavy (non-hydrogen) atoms. The van der Waals surface area contributed by atoms with Crippen LogP contribution in [0.5, 0.6) is 0 Å². The monoisotopic (exact) mass is 319 g/mol. The Kier molecular flexibility index (Phi) is 4.17. The maximum absolute atomic E-state index is 12.7. The number of nitrogens with one attached hydrogen (secondary N) is 1. The number of halogens is 4. The lowest BCUT2D eigenvalue weighted by atomic mass is 10.1. The minimum Gasteiger partial charge on any atom is -0.343 e. The molecule has 0 spiro atoms. The van der Waals surface area contributed by atoms with Crippen LogP contribution >= 0.6 is 11.6 Å². The second kappa shape index (κ2) is 5.72. The number of carbonyl (C=O) groups is 1. The van der Waals surface area contributed by atoms with E-state index in [1.54, 1.807) is 6.92 Å². The molecular weight excluding hydrogens is 311 g/mol. The molecule has 0 saturated carbocycles. The highest BCUT2D eigenvalue weighted by Gasteiger charge is 2.31. The fourth-order valence-corrected chi connectivity index (χ4v) is 1.83. The van der Waals surface area contributed by atoms with Crippen molar-refractivity contribution in [3.05, 3.63) is 46.6 Å². The Morgan fingerprint density at radius 2 is 2.10 bits per heavy atom. The zero-order chi connectivity index (χ0) is 15.6. The Balaban J connectivity index is 2.21. The number of hydrogen-bond acceptors (Lipinski definition) is 4. The highest BCUT2D eigenvalue weighted by molar-refractivity contribution is 6.31.